The van der Waals surface area contributed by atoms with Crippen LogP contribution in [0.3, 0.4) is 0 Å². The number of ether oxygens (including phenoxy) is 1. The minimum absolute atomic E-state index is 0.323. The molecule has 0 bridgehead atoms. The van der Waals surface area contributed by atoms with Crippen molar-refractivity contribution in [1.82, 2.24) is 4.90 Å². The SMILES string of the molecule is CCCOC1CCCN(C(CN)c2ccc(CC)cc2)C1. The van der Waals surface area contributed by atoms with Gasteiger partial charge in [-0.3, -0.25) is 4.90 Å². The Hall–Kier alpha value is -0.900. The first-order valence-corrected chi connectivity index (χ1v) is 8.43. The number of piperidine rings is 1. The van der Waals surface area contributed by atoms with Gasteiger partial charge in [0.25, 0.3) is 0 Å². The van der Waals surface area contributed by atoms with E-state index in [2.05, 4.69) is 43.0 Å². The van der Waals surface area contributed by atoms with Crippen molar-refractivity contribution < 1.29 is 4.74 Å². The topological polar surface area (TPSA) is 38.5 Å². The Morgan fingerprint density at radius 3 is 2.67 bits per heavy atom. The lowest BCUT2D eigenvalue weighted by Crippen LogP contribution is -2.44. The van der Waals surface area contributed by atoms with Crippen molar-refractivity contribution in [2.75, 3.05) is 26.2 Å². The molecule has 0 radical (unpaired) electrons. The zero-order valence-electron chi connectivity index (χ0n) is 13.6. The minimum atomic E-state index is 0.323. The molecule has 1 aromatic carbocycles. The molecule has 0 aromatic heterocycles. The molecule has 0 saturated carbocycles. The van der Waals surface area contributed by atoms with Crippen molar-refractivity contribution >= 4 is 0 Å². The number of nitrogens with zero attached hydrogens (tertiary/aromatic N) is 1. The number of hydrogen-bond donors (Lipinski definition) is 1. The van der Waals surface area contributed by atoms with Crippen molar-refractivity contribution in [3.05, 3.63) is 35.4 Å². The monoisotopic (exact) mass is 290 g/mol. The van der Waals surface area contributed by atoms with Gasteiger partial charge in [0.05, 0.1) is 6.10 Å². The van der Waals surface area contributed by atoms with E-state index in [1.807, 2.05) is 0 Å². The third kappa shape index (κ3) is 4.53. The molecule has 118 valence electrons. The second-order valence-corrected chi connectivity index (χ2v) is 5.98. The fourth-order valence-corrected chi connectivity index (χ4v) is 3.14. The third-order valence-corrected chi connectivity index (χ3v) is 4.40. The van der Waals surface area contributed by atoms with Gasteiger partial charge >= 0.3 is 0 Å². The van der Waals surface area contributed by atoms with E-state index < -0.39 is 0 Å². The lowest BCUT2D eigenvalue weighted by atomic mass is 9.99. The molecular weight excluding hydrogens is 260 g/mol. The summed E-state index contributed by atoms with van der Waals surface area (Å²) in [6.45, 7) is 8.04. The summed E-state index contributed by atoms with van der Waals surface area (Å²) in [7, 11) is 0. The van der Waals surface area contributed by atoms with Gasteiger partial charge in [-0.15, -0.1) is 0 Å². The van der Waals surface area contributed by atoms with Crippen molar-refractivity contribution in [2.45, 2.75) is 51.7 Å². The van der Waals surface area contributed by atoms with Crippen LogP contribution in [0.1, 0.15) is 50.3 Å². The maximum absolute atomic E-state index is 6.07. The quantitative estimate of drug-likeness (QED) is 0.838. The molecule has 1 aromatic rings. The van der Waals surface area contributed by atoms with Gasteiger partial charge in [0.15, 0.2) is 0 Å². The summed E-state index contributed by atoms with van der Waals surface area (Å²) in [6.07, 6.45) is 4.95. The van der Waals surface area contributed by atoms with Gasteiger partial charge < -0.3 is 10.5 Å². The van der Waals surface area contributed by atoms with Gasteiger partial charge in [0.2, 0.25) is 0 Å². The Bertz CT molecular complexity index is 404. The smallest absolute Gasteiger partial charge is 0.0702 e. The lowest BCUT2D eigenvalue weighted by Gasteiger charge is -2.38. The van der Waals surface area contributed by atoms with Gasteiger partial charge in [0, 0.05) is 25.7 Å². The zero-order chi connectivity index (χ0) is 15.1. The van der Waals surface area contributed by atoms with E-state index in [1.54, 1.807) is 0 Å². The summed E-state index contributed by atoms with van der Waals surface area (Å²) in [5.74, 6) is 0. The van der Waals surface area contributed by atoms with Gasteiger partial charge in [-0.2, -0.15) is 0 Å². The standard InChI is InChI=1S/C18H30N2O/c1-3-12-21-17-6-5-11-20(14-17)18(13-19)16-9-7-15(4-2)8-10-16/h7-10,17-18H,3-6,11-14,19H2,1-2H3. The average Bonchev–Trinajstić information content (AvgIpc) is 2.55. The highest BCUT2D eigenvalue weighted by Gasteiger charge is 2.26. The highest BCUT2D eigenvalue weighted by molar-refractivity contribution is 5.25. The van der Waals surface area contributed by atoms with E-state index in [-0.39, 0.29) is 0 Å². The van der Waals surface area contributed by atoms with E-state index in [0.717, 1.165) is 32.5 Å². The molecule has 21 heavy (non-hydrogen) atoms. The van der Waals surface area contributed by atoms with Crippen LogP contribution in [0.4, 0.5) is 0 Å². The Kier molecular flexibility index (Phi) is 6.68. The van der Waals surface area contributed by atoms with E-state index >= 15 is 0 Å². The number of rotatable bonds is 7. The van der Waals surface area contributed by atoms with Crippen molar-refractivity contribution in [3.8, 4) is 0 Å². The van der Waals surface area contributed by atoms with Crippen LogP contribution >= 0.6 is 0 Å². The molecule has 0 aliphatic carbocycles. The number of hydrogen-bond acceptors (Lipinski definition) is 3. The largest absolute Gasteiger partial charge is 0.377 e. The van der Waals surface area contributed by atoms with Gasteiger partial charge in [0.1, 0.15) is 0 Å². The van der Waals surface area contributed by atoms with Crippen LogP contribution in [0.25, 0.3) is 0 Å². The first-order valence-electron chi connectivity index (χ1n) is 8.43. The van der Waals surface area contributed by atoms with Crippen LogP contribution in [-0.2, 0) is 11.2 Å². The van der Waals surface area contributed by atoms with Gasteiger partial charge in [-0.05, 0) is 43.4 Å². The van der Waals surface area contributed by atoms with Crippen molar-refractivity contribution in [2.24, 2.45) is 5.73 Å². The molecule has 2 atom stereocenters. The second kappa shape index (κ2) is 8.52. The predicted molar refractivity (Wildman–Crippen MR) is 88.5 cm³/mol. The molecule has 1 heterocycles. The van der Waals surface area contributed by atoms with Crippen LogP contribution in [0.15, 0.2) is 24.3 Å². The van der Waals surface area contributed by atoms with E-state index in [1.165, 1.54) is 24.0 Å². The Labute approximate surface area is 129 Å². The van der Waals surface area contributed by atoms with Crippen LogP contribution in [0.2, 0.25) is 0 Å². The van der Waals surface area contributed by atoms with Gasteiger partial charge in [-0.25, -0.2) is 0 Å². The molecule has 1 fully saturated rings. The summed E-state index contributed by atoms with van der Waals surface area (Å²) >= 11 is 0. The molecule has 0 amide bonds. The predicted octanol–water partition coefficient (Wildman–Crippen LogP) is 3.14. The Morgan fingerprint density at radius 2 is 2.05 bits per heavy atom. The maximum atomic E-state index is 6.07. The minimum Gasteiger partial charge on any atom is -0.377 e. The second-order valence-electron chi connectivity index (χ2n) is 5.98. The highest BCUT2D eigenvalue weighted by atomic mass is 16.5. The van der Waals surface area contributed by atoms with E-state index in [4.69, 9.17) is 10.5 Å². The fraction of sp³-hybridized carbons (Fsp3) is 0.667. The molecular formula is C18H30N2O. The van der Waals surface area contributed by atoms with Crippen molar-refractivity contribution in [3.63, 3.8) is 0 Å². The summed E-state index contributed by atoms with van der Waals surface area (Å²) in [5.41, 5.74) is 8.79. The average molecular weight is 290 g/mol. The lowest BCUT2D eigenvalue weighted by molar-refractivity contribution is -0.0118. The molecule has 1 saturated heterocycles. The summed E-state index contributed by atoms with van der Waals surface area (Å²) < 4.78 is 5.95. The first-order chi connectivity index (χ1) is 10.3. The first kappa shape index (κ1) is 16.5. The van der Waals surface area contributed by atoms with Crippen LogP contribution in [0, 0.1) is 0 Å². The van der Waals surface area contributed by atoms with Crippen molar-refractivity contribution in [1.29, 1.82) is 0 Å². The Morgan fingerprint density at radius 1 is 1.29 bits per heavy atom. The third-order valence-electron chi connectivity index (χ3n) is 4.40. The summed E-state index contributed by atoms with van der Waals surface area (Å²) in [4.78, 5) is 2.50. The van der Waals surface area contributed by atoms with Crippen LogP contribution < -0.4 is 5.73 Å². The van der Waals surface area contributed by atoms with E-state index in [0.29, 0.717) is 18.7 Å². The van der Waals surface area contributed by atoms with E-state index in [9.17, 15) is 0 Å². The number of benzene rings is 1. The number of nitrogens with two attached hydrogens (primary N) is 1. The molecule has 2 rings (SSSR count). The summed E-state index contributed by atoms with van der Waals surface area (Å²) in [6, 6.07) is 9.27. The molecule has 1 aliphatic heterocycles. The van der Waals surface area contributed by atoms with Gasteiger partial charge in [-0.1, -0.05) is 38.1 Å². The maximum Gasteiger partial charge on any atom is 0.0702 e. The fourth-order valence-electron chi connectivity index (χ4n) is 3.14. The molecule has 2 unspecified atom stereocenters. The highest BCUT2D eigenvalue weighted by Crippen LogP contribution is 2.25. The number of likely N-dealkylation sites (tertiary alicyclic amines) is 1. The normalized spacial score (nSPS) is 21.4. The molecule has 3 heteroatoms. The molecule has 2 N–H and O–H groups in total. The Balaban J connectivity index is 2.01. The molecule has 0 spiro atoms. The van der Waals surface area contributed by atoms with Crippen LogP contribution in [0.5, 0.6) is 0 Å². The molecule has 3 nitrogen and oxygen atoms in total. The number of aryl methyl sites for hydroxylation is 1. The van der Waals surface area contributed by atoms with Crippen LogP contribution in [-0.4, -0.2) is 37.2 Å². The molecule has 1 aliphatic rings. The zero-order valence-corrected chi connectivity index (χ0v) is 13.6. The summed E-state index contributed by atoms with van der Waals surface area (Å²) in [5, 5.41) is 0.